The summed E-state index contributed by atoms with van der Waals surface area (Å²) in [5.74, 6) is -2.11. The van der Waals surface area contributed by atoms with Crippen LogP contribution in [0, 0.1) is 0 Å². The van der Waals surface area contributed by atoms with Crippen LogP contribution in [0.3, 0.4) is 0 Å². The molecular formula is C11H17N5O4. The average molecular weight is 283 g/mol. The molecule has 0 saturated heterocycles. The van der Waals surface area contributed by atoms with Gasteiger partial charge in [0.15, 0.2) is 0 Å². The standard InChI is InChI=1S/C11H17N5O4/c1-16-7(3-5-14-16)2-4-13-11(20)15-8(10(18)19)6-9(12)17/h3,5,8H,2,4,6H2,1H3,(H2,12,17)(H,18,19)(H2,13,15,20)/t8-/m1/s1. The van der Waals surface area contributed by atoms with Gasteiger partial charge in [0.05, 0.1) is 6.42 Å². The van der Waals surface area contributed by atoms with E-state index in [1.807, 2.05) is 6.07 Å². The molecule has 0 aliphatic carbocycles. The summed E-state index contributed by atoms with van der Waals surface area (Å²) >= 11 is 0. The summed E-state index contributed by atoms with van der Waals surface area (Å²) < 4.78 is 1.67. The number of nitrogens with zero attached hydrogens (tertiary/aromatic N) is 2. The lowest BCUT2D eigenvalue weighted by atomic mass is 10.2. The van der Waals surface area contributed by atoms with E-state index in [4.69, 9.17) is 10.8 Å². The number of primary amides is 1. The number of hydrogen-bond donors (Lipinski definition) is 4. The van der Waals surface area contributed by atoms with Crippen LogP contribution >= 0.6 is 0 Å². The summed E-state index contributed by atoms with van der Waals surface area (Å²) in [4.78, 5) is 33.0. The Balaban J connectivity index is 2.36. The molecule has 1 rings (SSSR count). The van der Waals surface area contributed by atoms with E-state index in [2.05, 4.69) is 15.7 Å². The SMILES string of the molecule is Cn1nccc1CCNC(=O)N[C@H](CC(N)=O)C(=O)O. The first-order valence-corrected chi connectivity index (χ1v) is 5.92. The Morgan fingerprint density at radius 3 is 2.70 bits per heavy atom. The number of carboxylic acids is 1. The first-order valence-electron chi connectivity index (χ1n) is 5.92. The Hall–Kier alpha value is -2.58. The Labute approximate surface area is 115 Å². The summed E-state index contributed by atoms with van der Waals surface area (Å²) in [7, 11) is 1.78. The third-order valence-electron chi connectivity index (χ3n) is 2.60. The number of aromatic nitrogens is 2. The van der Waals surface area contributed by atoms with Gasteiger partial charge in [0.25, 0.3) is 0 Å². The predicted molar refractivity (Wildman–Crippen MR) is 68.7 cm³/mol. The number of nitrogens with one attached hydrogen (secondary N) is 2. The molecule has 9 heteroatoms. The fraction of sp³-hybridized carbons (Fsp3) is 0.455. The lowest BCUT2D eigenvalue weighted by molar-refractivity contribution is -0.140. The smallest absolute Gasteiger partial charge is 0.326 e. The van der Waals surface area contributed by atoms with E-state index in [-0.39, 0.29) is 0 Å². The van der Waals surface area contributed by atoms with Gasteiger partial charge < -0.3 is 21.5 Å². The van der Waals surface area contributed by atoms with Crippen molar-refractivity contribution in [3.8, 4) is 0 Å². The van der Waals surface area contributed by atoms with Crippen molar-refractivity contribution >= 4 is 17.9 Å². The molecule has 3 amide bonds. The third kappa shape index (κ3) is 4.96. The Bertz CT molecular complexity index is 499. The van der Waals surface area contributed by atoms with Gasteiger partial charge in [-0.05, 0) is 6.07 Å². The highest BCUT2D eigenvalue weighted by Crippen LogP contribution is 1.96. The van der Waals surface area contributed by atoms with Gasteiger partial charge in [-0.3, -0.25) is 9.48 Å². The molecule has 20 heavy (non-hydrogen) atoms. The van der Waals surface area contributed by atoms with Gasteiger partial charge in [-0.15, -0.1) is 0 Å². The molecule has 0 fully saturated rings. The number of nitrogens with two attached hydrogens (primary N) is 1. The largest absolute Gasteiger partial charge is 0.480 e. The maximum Gasteiger partial charge on any atom is 0.326 e. The van der Waals surface area contributed by atoms with E-state index in [1.54, 1.807) is 17.9 Å². The number of carbonyl (C=O) groups is 3. The first kappa shape index (κ1) is 15.5. The van der Waals surface area contributed by atoms with Crippen LogP contribution in [0.1, 0.15) is 12.1 Å². The van der Waals surface area contributed by atoms with Crippen molar-refractivity contribution < 1.29 is 19.5 Å². The molecule has 0 saturated carbocycles. The minimum Gasteiger partial charge on any atom is -0.480 e. The van der Waals surface area contributed by atoms with Crippen molar-refractivity contribution in [2.45, 2.75) is 18.9 Å². The number of rotatable bonds is 7. The van der Waals surface area contributed by atoms with E-state index < -0.39 is 30.4 Å². The van der Waals surface area contributed by atoms with Gasteiger partial charge in [0.2, 0.25) is 5.91 Å². The van der Waals surface area contributed by atoms with Gasteiger partial charge >= 0.3 is 12.0 Å². The van der Waals surface area contributed by atoms with Crippen LogP contribution < -0.4 is 16.4 Å². The summed E-state index contributed by atoms with van der Waals surface area (Å²) in [6.45, 7) is 0.314. The number of amides is 3. The molecule has 1 atom stereocenters. The molecule has 0 unspecified atom stereocenters. The molecule has 0 aliphatic rings. The number of carboxylic acid groups (broad SMARTS) is 1. The van der Waals surface area contributed by atoms with Crippen molar-refractivity contribution in [2.24, 2.45) is 12.8 Å². The van der Waals surface area contributed by atoms with Crippen molar-refractivity contribution in [3.05, 3.63) is 18.0 Å². The van der Waals surface area contributed by atoms with E-state index in [9.17, 15) is 14.4 Å². The summed E-state index contributed by atoms with van der Waals surface area (Å²) in [6, 6.07) is -0.183. The lowest BCUT2D eigenvalue weighted by Crippen LogP contribution is -2.48. The maximum absolute atomic E-state index is 11.5. The Kier molecular flexibility index (Phi) is 5.51. The lowest BCUT2D eigenvalue weighted by Gasteiger charge is -2.13. The molecule has 0 aliphatic heterocycles. The van der Waals surface area contributed by atoms with Crippen LogP contribution in [-0.2, 0) is 23.1 Å². The van der Waals surface area contributed by atoms with Gasteiger partial charge in [-0.1, -0.05) is 0 Å². The minimum absolute atomic E-state index is 0.314. The quantitative estimate of drug-likeness (QED) is 0.487. The second kappa shape index (κ2) is 7.12. The third-order valence-corrected chi connectivity index (χ3v) is 2.60. The Morgan fingerprint density at radius 1 is 1.50 bits per heavy atom. The molecule has 0 aromatic carbocycles. The normalized spacial score (nSPS) is 11.7. The predicted octanol–water partition coefficient (Wildman–Crippen LogP) is -1.41. The maximum atomic E-state index is 11.5. The second-order valence-corrected chi connectivity index (χ2v) is 4.16. The molecule has 0 spiro atoms. The molecule has 0 radical (unpaired) electrons. The van der Waals surface area contributed by atoms with Crippen LogP contribution in [0.15, 0.2) is 12.3 Å². The van der Waals surface area contributed by atoms with E-state index in [0.717, 1.165) is 5.69 Å². The zero-order valence-corrected chi connectivity index (χ0v) is 11.0. The fourth-order valence-corrected chi connectivity index (χ4v) is 1.56. The molecule has 5 N–H and O–H groups in total. The fourth-order valence-electron chi connectivity index (χ4n) is 1.56. The van der Waals surface area contributed by atoms with Crippen LogP contribution in [0.2, 0.25) is 0 Å². The van der Waals surface area contributed by atoms with Gasteiger partial charge in [0, 0.05) is 31.9 Å². The highest BCUT2D eigenvalue weighted by Gasteiger charge is 2.21. The van der Waals surface area contributed by atoms with Crippen LogP contribution in [0.4, 0.5) is 4.79 Å². The minimum atomic E-state index is -1.33. The number of urea groups is 1. The van der Waals surface area contributed by atoms with E-state index in [1.165, 1.54) is 0 Å². The number of carbonyl (C=O) groups excluding carboxylic acids is 2. The highest BCUT2D eigenvalue weighted by molar-refractivity contribution is 5.87. The number of aliphatic carboxylic acids is 1. The van der Waals surface area contributed by atoms with Gasteiger partial charge in [-0.2, -0.15) is 5.10 Å². The molecule has 1 aromatic heterocycles. The number of hydrogen-bond acceptors (Lipinski definition) is 4. The van der Waals surface area contributed by atoms with Crippen molar-refractivity contribution in [1.29, 1.82) is 0 Å². The molecule has 0 bridgehead atoms. The number of aryl methyl sites for hydroxylation is 1. The zero-order valence-electron chi connectivity index (χ0n) is 11.0. The topological polar surface area (TPSA) is 139 Å². The zero-order chi connectivity index (χ0) is 15.1. The average Bonchev–Trinajstić information content (AvgIpc) is 2.73. The van der Waals surface area contributed by atoms with Gasteiger partial charge in [-0.25, -0.2) is 9.59 Å². The van der Waals surface area contributed by atoms with Crippen LogP contribution in [0.5, 0.6) is 0 Å². The molecule has 9 nitrogen and oxygen atoms in total. The summed E-state index contributed by atoms with van der Waals surface area (Å²) in [5, 5.41) is 17.5. The monoisotopic (exact) mass is 283 g/mol. The molecule has 1 heterocycles. The Morgan fingerprint density at radius 2 is 2.20 bits per heavy atom. The van der Waals surface area contributed by atoms with E-state index >= 15 is 0 Å². The molecular weight excluding hydrogens is 266 g/mol. The first-order chi connectivity index (χ1) is 9.40. The van der Waals surface area contributed by atoms with Crippen LogP contribution in [-0.4, -0.2) is 45.4 Å². The van der Waals surface area contributed by atoms with Gasteiger partial charge in [0.1, 0.15) is 6.04 Å². The van der Waals surface area contributed by atoms with Crippen molar-refractivity contribution in [3.63, 3.8) is 0 Å². The highest BCUT2D eigenvalue weighted by atomic mass is 16.4. The van der Waals surface area contributed by atoms with Crippen molar-refractivity contribution in [2.75, 3.05) is 6.54 Å². The molecule has 110 valence electrons. The molecule has 1 aromatic rings. The summed E-state index contributed by atoms with van der Waals surface area (Å²) in [6.07, 6.45) is 1.74. The summed E-state index contributed by atoms with van der Waals surface area (Å²) in [5.41, 5.74) is 5.83. The van der Waals surface area contributed by atoms with Crippen molar-refractivity contribution in [1.82, 2.24) is 20.4 Å². The second-order valence-electron chi connectivity index (χ2n) is 4.16. The van der Waals surface area contributed by atoms with E-state index in [0.29, 0.717) is 13.0 Å². The van der Waals surface area contributed by atoms with Crippen LogP contribution in [0.25, 0.3) is 0 Å².